The van der Waals surface area contributed by atoms with Gasteiger partial charge in [0.05, 0.1) is 25.0 Å². The first kappa shape index (κ1) is 14.8. The van der Waals surface area contributed by atoms with Crippen LogP contribution < -0.4 is 0 Å². The molecule has 3 heterocycles. The van der Waals surface area contributed by atoms with E-state index in [-0.39, 0.29) is 17.8 Å². The number of aromatic amines is 1. The standard InChI is InChI=1S/C17H15FN4O2/c18-12-1-2-13-11(7-12)8-14(21-13)17(23)22-5-6-24-16(10-22)15-9-19-3-4-20-15/h1-4,7-9,16,21H,5-6,10H2/t16-/m1/s1. The molecule has 1 aliphatic heterocycles. The number of benzene rings is 1. The molecule has 1 aromatic carbocycles. The topological polar surface area (TPSA) is 71.1 Å². The molecule has 24 heavy (non-hydrogen) atoms. The summed E-state index contributed by atoms with van der Waals surface area (Å²) in [6.45, 7) is 1.34. The Morgan fingerprint density at radius 1 is 1.33 bits per heavy atom. The van der Waals surface area contributed by atoms with E-state index in [0.717, 1.165) is 5.52 Å². The van der Waals surface area contributed by atoms with E-state index in [4.69, 9.17) is 4.74 Å². The molecule has 0 spiro atoms. The number of carbonyl (C=O) groups excluding carboxylic acids is 1. The number of aromatic nitrogens is 3. The van der Waals surface area contributed by atoms with E-state index in [1.165, 1.54) is 12.1 Å². The van der Waals surface area contributed by atoms with Crippen molar-refractivity contribution < 1.29 is 13.9 Å². The number of morpholine rings is 1. The van der Waals surface area contributed by atoms with Crippen molar-refractivity contribution in [2.24, 2.45) is 0 Å². The van der Waals surface area contributed by atoms with Crippen LogP contribution in [0.3, 0.4) is 0 Å². The zero-order valence-electron chi connectivity index (χ0n) is 12.8. The third kappa shape index (κ3) is 2.74. The quantitative estimate of drug-likeness (QED) is 0.784. The summed E-state index contributed by atoms with van der Waals surface area (Å²) >= 11 is 0. The Morgan fingerprint density at radius 3 is 3.08 bits per heavy atom. The number of nitrogens with one attached hydrogen (secondary N) is 1. The molecule has 0 saturated carbocycles. The normalized spacial score (nSPS) is 18.0. The number of ether oxygens (including phenoxy) is 1. The van der Waals surface area contributed by atoms with E-state index in [2.05, 4.69) is 15.0 Å². The number of carbonyl (C=O) groups is 1. The monoisotopic (exact) mass is 326 g/mol. The van der Waals surface area contributed by atoms with Gasteiger partial charge in [-0.25, -0.2) is 4.39 Å². The van der Waals surface area contributed by atoms with Crippen molar-refractivity contribution in [3.63, 3.8) is 0 Å². The maximum absolute atomic E-state index is 13.3. The third-order valence-corrected chi connectivity index (χ3v) is 4.08. The van der Waals surface area contributed by atoms with Crippen molar-refractivity contribution in [1.82, 2.24) is 19.9 Å². The molecule has 2 aromatic heterocycles. The lowest BCUT2D eigenvalue weighted by atomic mass is 10.2. The number of nitrogens with zero attached hydrogens (tertiary/aromatic N) is 3. The van der Waals surface area contributed by atoms with E-state index < -0.39 is 0 Å². The van der Waals surface area contributed by atoms with Crippen LogP contribution in [-0.2, 0) is 4.74 Å². The van der Waals surface area contributed by atoms with Crippen LogP contribution in [0.15, 0.2) is 42.9 Å². The van der Waals surface area contributed by atoms with Crippen molar-refractivity contribution in [2.45, 2.75) is 6.10 Å². The first-order valence-electron chi connectivity index (χ1n) is 7.66. The summed E-state index contributed by atoms with van der Waals surface area (Å²) in [6.07, 6.45) is 4.55. The van der Waals surface area contributed by atoms with Crippen LogP contribution >= 0.6 is 0 Å². The summed E-state index contributed by atoms with van der Waals surface area (Å²) in [5.41, 5.74) is 1.88. The van der Waals surface area contributed by atoms with Crippen molar-refractivity contribution in [1.29, 1.82) is 0 Å². The number of rotatable bonds is 2. The van der Waals surface area contributed by atoms with Crippen LogP contribution in [0.5, 0.6) is 0 Å². The number of amides is 1. The molecule has 1 fully saturated rings. The zero-order chi connectivity index (χ0) is 16.5. The molecule has 1 aliphatic rings. The minimum atomic E-state index is -0.324. The highest BCUT2D eigenvalue weighted by Gasteiger charge is 2.27. The fraction of sp³-hybridized carbons (Fsp3) is 0.235. The van der Waals surface area contributed by atoms with E-state index >= 15 is 0 Å². The lowest BCUT2D eigenvalue weighted by Crippen LogP contribution is -2.42. The molecule has 0 aliphatic carbocycles. The van der Waals surface area contributed by atoms with Crippen LogP contribution in [0.4, 0.5) is 4.39 Å². The first-order chi connectivity index (χ1) is 11.7. The van der Waals surface area contributed by atoms with Crippen molar-refractivity contribution in [3.05, 3.63) is 60.1 Å². The average Bonchev–Trinajstić information content (AvgIpc) is 3.05. The van der Waals surface area contributed by atoms with Gasteiger partial charge in [-0.15, -0.1) is 0 Å². The molecule has 1 N–H and O–H groups in total. The maximum atomic E-state index is 13.3. The summed E-state index contributed by atoms with van der Waals surface area (Å²) in [6, 6.07) is 6.08. The zero-order valence-corrected chi connectivity index (χ0v) is 12.8. The predicted molar refractivity (Wildman–Crippen MR) is 84.9 cm³/mol. The van der Waals surface area contributed by atoms with Crippen molar-refractivity contribution >= 4 is 16.8 Å². The minimum Gasteiger partial charge on any atom is -0.368 e. The van der Waals surface area contributed by atoms with Gasteiger partial charge in [-0.3, -0.25) is 14.8 Å². The molecule has 4 rings (SSSR count). The van der Waals surface area contributed by atoms with Crippen LogP contribution in [0.2, 0.25) is 0 Å². The van der Waals surface area contributed by atoms with Gasteiger partial charge in [-0.2, -0.15) is 0 Å². The van der Waals surface area contributed by atoms with Gasteiger partial charge in [0.1, 0.15) is 17.6 Å². The Kier molecular flexibility index (Phi) is 3.70. The lowest BCUT2D eigenvalue weighted by molar-refractivity contribution is -0.0250. The lowest BCUT2D eigenvalue weighted by Gasteiger charge is -2.32. The first-order valence-corrected chi connectivity index (χ1v) is 7.66. The molecule has 0 radical (unpaired) electrons. The third-order valence-electron chi connectivity index (χ3n) is 4.08. The average molecular weight is 326 g/mol. The summed E-state index contributed by atoms with van der Waals surface area (Å²) in [5.74, 6) is -0.460. The SMILES string of the molecule is O=C(c1cc2cc(F)ccc2[nH]1)N1CCO[C@@H](c2cnccn2)C1. The molecule has 7 heteroatoms. The Hall–Kier alpha value is -2.80. The van der Waals surface area contributed by atoms with Crippen molar-refractivity contribution in [3.8, 4) is 0 Å². The predicted octanol–water partition coefficient (Wildman–Crippen LogP) is 2.31. The Bertz CT molecular complexity index is 881. The van der Waals surface area contributed by atoms with Crippen molar-refractivity contribution in [2.75, 3.05) is 19.7 Å². The fourth-order valence-corrected chi connectivity index (χ4v) is 2.88. The highest BCUT2D eigenvalue weighted by molar-refractivity contribution is 5.98. The smallest absolute Gasteiger partial charge is 0.270 e. The summed E-state index contributed by atoms with van der Waals surface area (Å²) < 4.78 is 19.0. The van der Waals surface area contributed by atoms with E-state index in [0.29, 0.717) is 36.5 Å². The fourth-order valence-electron chi connectivity index (χ4n) is 2.88. The molecule has 1 atom stereocenters. The van der Waals surface area contributed by atoms with E-state index in [1.54, 1.807) is 35.6 Å². The van der Waals surface area contributed by atoms with Gasteiger partial charge in [0.2, 0.25) is 0 Å². The molecular formula is C17H15FN4O2. The molecule has 0 bridgehead atoms. The summed E-state index contributed by atoms with van der Waals surface area (Å²) in [5, 5.41) is 0.678. The van der Waals surface area contributed by atoms with Gasteiger partial charge in [0.15, 0.2) is 0 Å². The molecule has 0 unspecified atom stereocenters. The van der Waals surface area contributed by atoms with Crippen LogP contribution in [0.1, 0.15) is 22.3 Å². The molecule has 6 nitrogen and oxygen atoms in total. The number of fused-ring (bicyclic) bond motifs is 1. The Morgan fingerprint density at radius 2 is 2.25 bits per heavy atom. The molecule has 1 saturated heterocycles. The highest BCUT2D eigenvalue weighted by Crippen LogP contribution is 2.23. The largest absolute Gasteiger partial charge is 0.368 e. The van der Waals surface area contributed by atoms with Crippen LogP contribution in [-0.4, -0.2) is 45.5 Å². The second-order valence-corrected chi connectivity index (χ2v) is 5.66. The molecule has 3 aromatic rings. The second-order valence-electron chi connectivity index (χ2n) is 5.66. The van der Waals surface area contributed by atoms with Gasteiger partial charge in [-0.1, -0.05) is 0 Å². The molecular weight excluding hydrogens is 311 g/mol. The Labute approximate surface area is 137 Å². The Balaban J connectivity index is 1.56. The summed E-state index contributed by atoms with van der Waals surface area (Å²) in [4.78, 5) is 25.8. The van der Waals surface area contributed by atoms with Gasteiger partial charge in [-0.05, 0) is 24.3 Å². The number of H-pyrrole nitrogens is 1. The number of hydrogen-bond donors (Lipinski definition) is 1. The summed E-state index contributed by atoms with van der Waals surface area (Å²) in [7, 11) is 0. The number of hydrogen-bond acceptors (Lipinski definition) is 4. The van der Waals surface area contributed by atoms with Crippen LogP contribution in [0, 0.1) is 5.82 Å². The molecule has 1 amide bonds. The van der Waals surface area contributed by atoms with Gasteiger partial charge >= 0.3 is 0 Å². The number of halogens is 1. The minimum absolute atomic E-state index is 0.135. The maximum Gasteiger partial charge on any atom is 0.270 e. The van der Waals surface area contributed by atoms with Gasteiger partial charge < -0.3 is 14.6 Å². The van der Waals surface area contributed by atoms with Gasteiger partial charge in [0, 0.05) is 29.8 Å². The second kappa shape index (κ2) is 6.01. The van der Waals surface area contributed by atoms with E-state index in [9.17, 15) is 9.18 Å². The van der Waals surface area contributed by atoms with Gasteiger partial charge in [0.25, 0.3) is 5.91 Å². The molecule has 122 valence electrons. The highest BCUT2D eigenvalue weighted by atomic mass is 19.1. The van der Waals surface area contributed by atoms with Crippen LogP contribution in [0.25, 0.3) is 10.9 Å². The van der Waals surface area contributed by atoms with E-state index in [1.807, 2.05) is 0 Å².